The molecule has 2 rings (SSSR count). The first kappa shape index (κ1) is 18.7. The zero-order valence-corrected chi connectivity index (χ0v) is 15.2. The Bertz CT molecular complexity index is 742. The first-order valence-corrected chi connectivity index (χ1v) is 8.35. The van der Waals surface area contributed by atoms with Gasteiger partial charge in [-0.1, -0.05) is 57.2 Å². The second-order valence-electron chi connectivity index (χ2n) is 6.78. The van der Waals surface area contributed by atoms with Crippen LogP contribution in [-0.4, -0.2) is 18.4 Å². The molecular formula is C21H24O4. The average Bonchev–Trinajstić information content (AvgIpc) is 2.59. The fourth-order valence-corrected chi connectivity index (χ4v) is 2.34. The molecule has 0 aromatic heterocycles. The number of hydrogen-bond donors (Lipinski definition) is 0. The Kier molecular flexibility index (Phi) is 5.97. The van der Waals surface area contributed by atoms with Gasteiger partial charge in [-0.05, 0) is 35.6 Å². The van der Waals surface area contributed by atoms with Crippen LogP contribution >= 0.6 is 0 Å². The number of ether oxygens (including phenoxy) is 2. The third kappa shape index (κ3) is 4.92. The molecule has 4 heteroatoms. The summed E-state index contributed by atoms with van der Waals surface area (Å²) in [5, 5.41) is 0. The first-order chi connectivity index (χ1) is 11.8. The molecule has 0 atom stereocenters. The van der Waals surface area contributed by atoms with Gasteiger partial charge < -0.3 is 9.47 Å². The minimum atomic E-state index is -0.863. The normalized spacial score (nSPS) is 11.0. The Morgan fingerprint density at radius 2 is 1.68 bits per heavy atom. The Morgan fingerprint density at radius 3 is 2.28 bits per heavy atom. The molecule has 2 aromatic carbocycles. The van der Waals surface area contributed by atoms with Gasteiger partial charge in [0.05, 0.1) is 12.2 Å². The molecule has 4 nitrogen and oxygen atoms in total. The van der Waals surface area contributed by atoms with E-state index in [0.717, 1.165) is 11.1 Å². The molecule has 0 spiro atoms. The summed E-state index contributed by atoms with van der Waals surface area (Å²) in [6.45, 7) is 8.29. The molecule has 25 heavy (non-hydrogen) atoms. The molecule has 0 saturated carbocycles. The second-order valence-corrected chi connectivity index (χ2v) is 6.78. The van der Waals surface area contributed by atoms with Crippen LogP contribution in [0.25, 0.3) is 0 Å². The molecule has 0 aliphatic rings. The lowest BCUT2D eigenvalue weighted by Gasteiger charge is -2.21. The van der Waals surface area contributed by atoms with Gasteiger partial charge in [-0.3, -0.25) is 4.79 Å². The Hall–Kier alpha value is -2.62. The maximum atomic E-state index is 12.5. The van der Waals surface area contributed by atoms with Crippen molar-refractivity contribution < 1.29 is 19.1 Å². The number of rotatable bonds is 6. The highest BCUT2D eigenvalue weighted by Crippen LogP contribution is 2.29. The van der Waals surface area contributed by atoms with Gasteiger partial charge in [-0.15, -0.1) is 0 Å². The molecule has 0 bridgehead atoms. The van der Waals surface area contributed by atoms with Crippen LogP contribution in [-0.2, 0) is 21.6 Å². The number of Topliss-reactive ketones (excluding diaryl/α,β-unsaturated/α-hetero) is 1. The molecule has 0 aliphatic heterocycles. The van der Waals surface area contributed by atoms with Crippen LogP contribution in [0.2, 0.25) is 0 Å². The van der Waals surface area contributed by atoms with E-state index in [2.05, 4.69) is 0 Å². The highest BCUT2D eigenvalue weighted by Gasteiger charge is 2.24. The van der Waals surface area contributed by atoms with Gasteiger partial charge in [-0.25, -0.2) is 4.79 Å². The van der Waals surface area contributed by atoms with Crippen molar-refractivity contribution in [3.05, 3.63) is 65.2 Å². The lowest BCUT2D eigenvalue weighted by Crippen LogP contribution is -2.20. The predicted octanol–water partition coefficient (Wildman–Crippen LogP) is 4.31. The average molecular weight is 340 g/mol. The third-order valence-corrected chi connectivity index (χ3v) is 3.79. The van der Waals surface area contributed by atoms with Gasteiger partial charge in [0.25, 0.3) is 5.78 Å². The predicted molar refractivity (Wildman–Crippen MR) is 96.9 cm³/mol. The molecule has 0 unspecified atom stereocenters. The minimum absolute atomic E-state index is 0.151. The van der Waals surface area contributed by atoms with E-state index in [1.807, 2.05) is 57.2 Å². The van der Waals surface area contributed by atoms with Crippen LogP contribution in [0.3, 0.4) is 0 Å². The van der Waals surface area contributed by atoms with Gasteiger partial charge >= 0.3 is 5.97 Å². The second kappa shape index (κ2) is 7.97. The van der Waals surface area contributed by atoms with Crippen molar-refractivity contribution in [3.8, 4) is 5.75 Å². The lowest BCUT2D eigenvalue weighted by molar-refractivity contribution is -0.137. The van der Waals surface area contributed by atoms with Crippen molar-refractivity contribution in [1.29, 1.82) is 0 Å². The summed E-state index contributed by atoms with van der Waals surface area (Å²) in [7, 11) is 0. The topological polar surface area (TPSA) is 52.6 Å². The molecule has 0 heterocycles. The highest BCUT2D eigenvalue weighted by atomic mass is 16.5. The van der Waals surface area contributed by atoms with Gasteiger partial charge in [0.2, 0.25) is 0 Å². The van der Waals surface area contributed by atoms with Gasteiger partial charge in [-0.2, -0.15) is 0 Å². The number of ketones is 1. The maximum Gasteiger partial charge on any atom is 0.379 e. The Balaban J connectivity index is 2.33. The van der Waals surface area contributed by atoms with Crippen LogP contribution in [0.1, 0.15) is 49.2 Å². The van der Waals surface area contributed by atoms with Crippen molar-refractivity contribution in [3.63, 3.8) is 0 Å². The fraction of sp³-hybridized carbons (Fsp3) is 0.333. The number of carbonyl (C=O) groups is 2. The van der Waals surface area contributed by atoms with E-state index in [0.29, 0.717) is 12.4 Å². The molecule has 0 aliphatic carbocycles. The SMILES string of the molecule is CCOC(=O)C(=O)c1cc(C(C)(C)C)ccc1OCc1ccccc1. The fourth-order valence-electron chi connectivity index (χ4n) is 2.34. The molecule has 0 saturated heterocycles. The summed E-state index contributed by atoms with van der Waals surface area (Å²) in [4.78, 5) is 24.4. The standard InChI is InChI=1S/C21H24O4/c1-5-24-20(23)19(22)17-13-16(21(2,3)4)11-12-18(17)25-14-15-9-7-6-8-10-15/h6-13H,5,14H2,1-4H3. The van der Waals surface area contributed by atoms with Crippen LogP contribution < -0.4 is 4.74 Å². The van der Waals surface area contributed by atoms with Crippen LogP contribution in [0, 0.1) is 0 Å². The lowest BCUT2D eigenvalue weighted by atomic mass is 9.85. The molecule has 2 aromatic rings. The summed E-state index contributed by atoms with van der Waals surface area (Å²) in [6.07, 6.45) is 0. The van der Waals surface area contributed by atoms with Crippen molar-refractivity contribution >= 4 is 11.8 Å². The zero-order valence-electron chi connectivity index (χ0n) is 15.2. The minimum Gasteiger partial charge on any atom is -0.488 e. The van der Waals surface area contributed by atoms with Crippen molar-refractivity contribution in [2.24, 2.45) is 0 Å². The Morgan fingerprint density at radius 1 is 1.00 bits per heavy atom. The summed E-state index contributed by atoms with van der Waals surface area (Å²) in [5.41, 5.74) is 2.02. The van der Waals surface area contributed by atoms with Gasteiger partial charge in [0.15, 0.2) is 0 Å². The van der Waals surface area contributed by atoms with E-state index in [-0.39, 0.29) is 17.6 Å². The quantitative estimate of drug-likeness (QED) is 0.447. The van der Waals surface area contributed by atoms with Gasteiger partial charge in [0.1, 0.15) is 12.4 Å². The van der Waals surface area contributed by atoms with Gasteiger partial charge in [0, 0.05) is 0 Å². The summed E-state index contributed by atoms with van der Waals surface area (Å²) in [5.74, 6) is -1.16. The van der Waals surface area contributed by atoms with E-state index in [1.54, 1.807) is 19.1 Å². The summed E-state index contributed by atoms with van der Waals surface area (Å²) >= 11 is 0. The van der Waals surface area contributed by atoms with E-state index in [4.69, 9.17) is 9.47 Å². The van der Waals surface area contributed by atoms with E-state index in [9.17, 15) is 9.59 Å². The zero-order chi connectivity index (χ0) is 18.4. The van der Waals surface area contributed by atoms with Crippen molar-refractivity contribution in [2.75, 3.05) is 6.61 Å². The van der Waals surface area contributed by atoms with Crippen LogP contribution in [0.5, 0.6) is 5.75 Å². The van der Waals surface area contributed by atoms with Crippen molar-refractivity contribution in [1.82, 2.24) is 0 Å². The largest absolute Gasteiger partial charge is 0.488 e. The summed E-state index contributed by atoms with van der Waals surface area (Å²) < 4.78 is 10.7. The van der Waals surface area contributed by atoms with Crippen LogP contribution in [0.15, 0.2) is 48.5 Å². The number of carbonyl (C=O) groups excluding carboxylic acids is 2. The number of benzene rings is 2. The van der Waals surface area contributed by atoms with E-state index >= 15 is 0 Å². The molecular weight excluding hydrogens is 316 g/mol. The molecule has 0 amide bonds. The molecule has 0 N–H and O–H groups in total. The molecule has 0 fully saturated rings. The molecule has 132 valence electrons. The third-order valence-electron chi connectivity index (χ3n) is 3.79. The highest BCUT2D eigenvalue weighted by molar-refractivity contribution is 6.41. The van der Waals surface area contributed by atoms with E-state index in [1.165, 1.54) is 0 Å². The molecule has 0 radical (unpaired) electrons. The monoisotopic (exact) mass is 340 g/mol. The number of esters is 1. The summed E-state index contributed by atoms with van der Waals surface area (Å²) in [6, 6.07) is 15.0. The smallest absolute Gasteiger partial charge is 0.379 e. The maximum absolute atomic E-state index is 12.5. The van der Waals surface area contributed by atoms with E-state index < -0.39 is 11.8 Å². The first-order valence-electron chi connectivity index (χ1n) is 8.35. The van der Waals surface area contributed by atoms with Crippen LogP contribution in [0.4, 0.5) is 0 Å². The van der Waals surface area contributed by atoms with Crippen molar-refractivity contribution in [2.45, 2.75) is 39.7 Å². The Labute approximate surface area is 148 Å². The number of hydrogen-bond acceptors (Lipinski definition) is 4.